The Labute approximate surface area is 832 Å². The van der Waals surface area contributed by atoms with Gasteiger partial charge in [0.15, 0.2) is 0 Å². The Bertz CT molecular complexity index is 9410. The summed E-state index contributed by atoms with van der Waals surface area (Å²) < 4.78 is 2.38. The number of hydrogen-bond acceptors (Lipinski definition) is 2. The van der Waals surface area contributed by atoms with Gasteiger partial charge in [0.1, 0.15) is 0 Å². The number of anilines is 6. The van der Waals surface area contributed by atoms with E-state index in [0.717, 1.165) is 59.8 Å². The molecule has 30 rings (SSSR count). The second-order valence-corrected chi connectivity index (χ2v) is 38.3. The molecule has 1 aromatic heterocycles. The first kappa shape index (κ1) is 84.0. The van der Waals surface area contributed by atoms with Gasteiger partial charge >= 0.3 is 0 Å². The molecule has 0 atom stereocenters. The average molecular weight is 1820 g/mol. The van der Waals surface area contributed by atoms with Crippen LogP contribution in [0.1, 0.15) is 44.5 Å². The highest BCUT2D eigenvalue weighted by Crippen LogP contribution is 2.52. The van der Waals surface area contributed by atoms with Gasteiger partial charge in [0.2, 0.25) is 0 Å². The third-order valence-corrected chi connectivity index (χ3v) is 30.2. The Balaban J connectivity index is 0.0000000973. The van der Waals surface area contributed by atoms with Gasteiger partial charge in [0.25, 0.3) is 0 Å². The molecule has 3 heteroatoms. The van der Waals surface area contributed by atoms with Crippen LogP contribution < -0.4 is 9.80 Å². The van der Waals surface area contributed by atoms with Crippen molar-refractivity contribution < 1.29 is 0 Å². The van der Waals surface area contributed by atoms with Crippen molar-refractivity contribution >= 4 is 131 Å². The van der Waals surface area contributed by atoms with Gasteiger partial charge in [-0.05, 0) is 350 Å². The Morgan fingerprint density at radius 2 is 0.490 bits per heavy atom. The number of rotatable bonds is 11. The molecular weight excluding hydrogens is 1720 g/mol. The van der Waals surface area contributed by atoms with Gasteiger partial charge in [-0.25, -0.2) is 0 Å². The molecule has 0 radical (unpaired) electrons. The lowest BCUT2D eigenvalue weighted by Gasteiger charge is -2.27. The van der Waals surface area contributed by atoms with Crippen LogP contribution in [-0.4, -0.2) is 4.57 Å². The van der Waals surface area contributed by atoms with Crippen LogP contribution in [0.4, 0.5) is 34.1 Å². The van der Waals surface area contributed by atoms with Gasteiger partial charge in [0, 0.05) is 50.6 Å². The first-order valence-electron chi connectivity index (χ1n) is 49.9. The van der Waals surface area contributed by atoms with Crippen LogP contribution in [0.15, 0.2) is 528 Å². The molecule has 0 spiro atoms. The summed E-state index contributed by atoms with van der Waals surface area (Å²) in [6, 6.07) is 192. The van der Waals surface area contributed by atoms with Crippen molar-refractivity contribution in [3.05, 3.63) is 572 Å². The predicted molar refractivity (Wildman–Crippen MR) is 607 cm³/mol. The van der Waals surface area contributed by atoms with Crippen LogP contribution in [0.2, 0.25) is 0 Å². The van der Waals surface area contributed by atoms with E-state index in [9.17, 15) is 0 Å². The highest BCUT2D eigenvalue weighted by atomic mass is 15.1. The zero-order valence-corrected chi connectivity index (χ0v) is 78.9. The molecule has 0 N–H and O–H groups in total. The minimum absolute atomic E-state index is 0.965. The summed E-state index contributed by atoms with van der Waals surface area (Å²) in [5.41, 5.74) is 42.7. The van der Waals surface area contributed by atoms with Gasteiger partial charge in [-0.1, -0.05) is 413 Å². The summed E-state index contributed by atoms with van der Waals surface area (Å²) in [6.07, 6.45) is 3.93. The van der Waals surface area contributed by atoms with Crippen LogP contribution >= 0.6 is 0 Å². The third kappa shape index (κ3) is 14.9. The number of hydrogen-bond donors (Lipinski definition) is 0. The van der Waals surface area contributed by atoms with E-state index in [2.05, 4.69) is 542 Å². The molecule has 670 valence electrons. The summed E-state index contributed by atoms with van der Waals surface area (Å²) in [4.78, 5) is 4.66. The van der Waals surface area contributed by atoms with Gasteiger partial charge in [-0.3, -0.25) is 0 Å². The second-order valence-electron chi connectivity index (χ2n) is 38.3. The highest BCUT2D eigenvalue weighted by Gasteiger charge is 2.29. The van der Waals surface area contributed by atoms with E-state index in [1.54, 1.807) is 0 Å². The number of aromatic nitrogens is 1. The fourth-order valence-corrected chi connectivity index (χ4v) is 23.8. The van der Waals surface area contributed by atoms with Crippen molar-refractivity contribution in [3.8, 4) is 94.7 Å². The van der Waals surface area contributed by atoms with Crippen molar-refractivity contribution in [2.75, 3.05) is 9.80 Å². The molecule has 0 saturated heterocycles. The fourth-order valence-electron chi connectivity index (χ4n) is 23.8. The zero-order chi connectivity index (χ0) is 94.4. The first-order valence-corrected chi connectivity index (χ1v) is 49.9. The van der Waals surface area contributed by atoms with E-state index >= 15 is 0 Å². The Morgan fingerprint density at radius 1 is 0.147 bits per heavy atom. The van der Waals surface area contributed by atoms with E-state index in [1.165, 1.54) is 236 Å². The molecular formula is C140H95N3. The average Bonchev–Trinajstić information content (AvgIpc) is 1.65. The molecule has 25 aromatic carbocycles. The fraction of sp³-hybridized carbons (Fsp3) is 0.0286. The van der Waals surface area contributed by atoms with Crippen LogP contribution in [0.5, 0.6) is 0 Å². The quantitative estimate of drug-likeness (QED) is 0.128. The molecule has 143 heavy (non-hydrogen) atoms. The molecule has 4 aliphatic rings. The van der Waals surface area contributed by atoms with Gasteiger partial charge in [0.05, 0.1) is 11.0 Å². The van der Waals surface area contributed by atoms with E-state index in [0.29, 0.717) is 0 Å². The van der Waals surface area contributed by atoms with E-state index in [4.69, 9.17) is 0 Å². The molecule has 0 amide bonds. The van der Waals surface area contributed by atoms with E-state index in [1.807, 2.05) is 0 Å². The Hall–Kier alpha value is -18.3. The SMILES string of the molecule is c1ccc(-c2cc(-c3ccc4c(c3)-c3cccc5cccc(c35)C4)cc(N(c3ccccc3)c3ccccc3)c2)cc1.c1ccc(-n2c3ccccc3c3cc(-c4ccc5c6c(cccc46)Cc4c-5ccc5ccccc45)ccc32)cc1.c1ccc(N(c2ccccc2)c2ccc(-c3ccc4c5c(cccc35)-c3ccc5ccccc5c3C4)cc2)cc1.c1ccc2c3c(ccc2c1)-c1cccc2cccc(c12)C3. The number of para-hydroxylation sites is 6. The van der Waals surface area contributed by atoms with Gasteiger partial charge in [-0.15, -0.1) is 0 Å². The van der Waals surface area contributed by atoms with Crippen molar-refractivity contribution in [2.45, 2.75) is 25.7 Å². The van der Waals surface area contributed by atoms with Gasteiger partial charge < -0.3 is 14.4 Å². The molecule has 0 aliphatic heterocycles. The topological polar surface area (TPSA) is 11.4 Å². The molecule has 1 heterocycles. The number of benzene rings is 25. The zero-order valence-electron chi connectivity index (χ0n) is 78.9. The van der Waals surface area contributed by atoms with E-state index < -0.39 is 0 Å². The smallest absolute Gasteiger partial charge is 0.0541 e. The Morgan fingerprint density at radius 3 is 1.03 bits per heavy atom. The molecule has 3 nitrogen and oxygen atoms in total. The number of fused-ring (bicyclic) bond motifs is 17. The predicted octanol–water partition coefficient (Wildman–Crippen LogP) is 37.8. The summed E-state index contributed by atoms with van der Waals surface area (Å²) in [5, 5.41) is 21.6. The minimum atomic E-state index is 0.965. The van der Waals surface area contributed by atoms with Crippen molar-refractivity contribution in [1.29, 1.82) is 0 Å². The lowest BCUT2D eigenvalue weighted by Crippen LogP contribution is -2.10. The monoisotopic (exact) mass is 1820 g/mol. The lowest BCUT2D eigenvalue weighted by atomic mass is 9.80. The maximum atomic E-state index is 2.41. The third-order valence-electron chi connectivity index (χ3n) is 30.2. The van der Waals surface area contributed by atoms with Crippen LogP contribution in [0.3, 0.4) is 0 Å². The van der Waals surface area contributed by atoms with Crippen LogP contribution in [0, 0.1) is 0 Å². The maximum Gasteiger partial charge on any atom is 0.0541 e. The van der Waals surface area contributed by atoms with Crippen molar-refractivity contribution in [3.63, 3.8) is 0 Å². The Kier molecular flexibility index (Phi) is 20.9. The number of nitrogens with zero attached hydrogens (tertiary/aromatic N) is 3. The molecule has 0 unspecified atom stereocenters. The molecule has 0 fully saturated rings. The summed E-state index contributed by atoms with van der Waals surface area (Å²) in [6.45, 7) is 0. The first-order chi connectivity index (χ1) is 70.9. The molecule has 0 bridgehead atoms. The molecule has 4 aliphatic carbocycles. The van der Waals surface area contributed by atoms with Crippen LogP contribution in [0.25, 0.3) is 192 Å². The van der Waals surface area contributed by atoms with Crippen LogP contribution in [-0.2, 0) is 25.7 Å². The normalized spacial score (nSPS) is 12.1. The largest absolute Gasteiger partial charge is 0.311 e. The minimum Gasteiger partial charge on any atom is -0.311 e. The standard InChI is InChI=1S/C41H29N.C39H25N.C39H27N.C21H14/c1-4-12-29(13-5-1)34-25-35(27-38(26-34)42(36-17-6-2-7-18-36)37-19-8-3-9-20-37)31-22-23-32-24-33-16-10-14-30-15-11-21-39(41(30)33)40(32)28-31;1-2-11-28(12-3-1)40-37-16-7-6-14-32(37)36-23-26(18-22-38(36)40)30-20-21-34-31-19-17-25-9-4-5-13-29(25)35(31)24-27-10-8-15-33(30)39(27)34;1-3-11-30(12-4-1)40(31-13-5-2-6-14-31)32-22-18-28(19-23-32)34-24-21-29-26-38-33-15-8-7-10-27(33)20-25-35(38)37-17-9-16-36(34)39(29)37;1-2-9-17-14(5-1)11-12-18-19-10-4-7-15-6-3-8-16(21(15)19)13-20(17)18/h1-23,25-28H,24H2;1-23H,24H2;1-25H,26H2;1-12H,13H2. The van der Waals surface area contributed by atoms with Gasteiger partial charge in [-0.2, -0.15) is 0 Å². The molecule has 26 aromatic rings. The molecule has 0 saturated carbocycles. The summed E-state index contributed by atoms with van der Waals surface area (Å²) >= 11 is 0. The maximum absolute atomic E-state index is 2.41. The van der Waals surface area contributed by atoms with Crippen molar-refractivity contribution in [2.24, 2.45) is 0 Å². The summed E-state index contributed by atoms with van der Waals surface area (Å²) in [7, 11) is 0. The second kappa shape index (κ2) is 35.6. The lowest BCUT2D eigenvalue weighted by molar-refractivity contribution is 1.18. The van der Waals surface area contributed by atoms with E-state index in [-0.39, 0.29) is 0 Å². The van der Waals surface area contributed by atoms with Crippen molar-refractivity contribution in [1.82, 2.24) is 4.57 Å². The highest BCUT2D eigenvalue weighted by molar-refractivity contribution is 6.16. The summed E-state index contributed by atoms with van der Waals surface area (Å²) in [5.74, 6) is 0.